The molecule has 1 heterocycles. The first-order chi connectivity index (χ1) is 8.56. The first-order valence-electron chi connectivity index (χ1n) is 5.58. The Labute approximate surface area is 112 Å². The maximum atomic E-state index is 11.0. The Morgan fingerprint density at radius 3 is 2.94 bits per heavy atom. The van der Waals surface area contributed by atoms with Gasteiger partial charge in [0.05, 0.1) is 19.0 Å². The highest BCUT2D eigenvalue weighted by molar-refractivity contribution is 7.80. The quantitative estimate of drug-likeness (QED) is 0.615. The SMILES string of the molecule is COC(=O)CCCN(C)c1cnccc1C(N)=S. The third-order valence-corrected chi connectivity index (χ3v) is 2.80. The number of anilines is 1. The van der Waals surface area contributed by atoms with Gasteiger partial charge in [0.15, 0.2) is 0 Å². The predicted molar refractivity (Wildman–Crippen MR) is 74.6 cm³/mol. The van der Waals surface area contributed by atoms with Gasteiger partial charge in [0.1, 0.15) is 4.99 Å². The number of ether oxygens (including phenoxy) is 1. The summed E-state index contributed by atoms with van der Waals surface area (Å²) in [6.45, 7) is 0.705. The molecular weight excluding hydrogens is 250 g/mol. The van der Waals surface area contributed by atoms with Crippen LogP contribution in [0, 0.1) is 0 Å². The van der Waals surface area contributed by atoms with Crippen LogP contribution >= 0.6 is 12.2 Å². The zero-order chi connectivity index (χ0) is 13.5. The van der Waals surface area contributed by atoms with Crippen LogP contribution in [0.5, 0.6) is 0 Å². The Kier molecular flexibility index (Phi) is 5.51. The zero-order valence-corrected chi connectivity index (χ0v) is 11.4. The number of esters is 1. The molecule has 0 amide bonds. The number of hydrogen-bond acceptors (Lipinski definition) is 5. The summed E-state index contributed by atoms with van der Waals surface area (Å²) in [4.78, 5) is 17.4. The van der Waals surface area contributed by atoms with E-state index in [1.807, 2.05) is 11.9 Å². The standard InChI is InChI=1S/C12H17N3O2S/c1-15(7-3-4-11(16)17-2)10-8-14-6-5-9(10)12(13)18/h5-6,8H,3-4,7H2,1-2H3,(H2,13,18). The molecule has 0 atom stereocenters. The predicted octanol–water partition coefficient (Wildman–Crippen LogP) is 1.11. The van der Waals surface area contributed by atoms with Crippen LogP contribution in [-0.2, 0) is 9.53 Å². The number of carbonyl (C=O) groups excluding carboxylic acids is 1. The van der Waals surface area contributed by atoms with E-state index in [1.54, 1.807) is 18.5 Å². The molecule has 0 fully saturated rings. The molecular formula is C12H17N3O2S. The molecule has 2 N–H and O–H groups in total. The van der Waals surface area contributed by atoms with E-state index < -0.39 is 0 Å². The van der Waals surface area contributed by atoms with Crippen molar-refractivity contribution >= 4 is 28.9 Å². The molecule has 6 heteroatoms. The van der Waals surface area contributed by atoms with Crippen molar-refractivity contribution in [1.29, 1.82) is 0 Å². The summed E-state index contributed by atoms with van der Waals surface area (Å²) in [5.41, 5.74) is 7.32. The lowest BCUT2D eigenvalue weighted by molar-refractivity contribution is -0.140. The van der Waals surface area contributed by atoms with Crippen LogP contribution in [0.15, 0.2) is 18.5 Å². The third-order valence-electron chi connectivity index (χ3n) is 2.58. The van der Waals surface area contributed by atoms with E-state index in [0.29, 0.717) is 24.4 Å². The maximum Gasteiger partial charge on any atom is 0.305 e. The first kappa shape index (κ1) is 14.4. The van der Waals surface area contributed by atoms with Crippen LogP contribution in [0.25, 0.3) is 0 Å². The highest BCUT2D eigenvalue weighted by Crippen LogP contribution is 2.18. The highest BCUT2D eigenvalue weighted by atomic mass is 32.1. The van der Waals surface area contributed by atoms with Crippen molar-refractivity contribution in [3.63, 3.8) is 0 Å². The van der Waals surface area contributed by atoms with Crippen LogP contribution < -0.4 is 10.6 Å². The summed E-state index contributed by atoms with van der Waals surface area (Å²) in [5, 5.41) is 0. The van der Waals surface area contributed by atoms with E-state index in [0.717, 1.165) is 11.3 Å². The van der Waals surface area contributed by atoms with Crippen LogP contribution in [-0.4, -0.2) is 36.6 Å². The van der Waals surface area contributed by atoms with Crippen LogP contribution in [0.2, 0.25) is 0 Å². The molecule has 0 aliphatic rings. The number of pyridine rings is 1. The van der Waals surface area contributed by atoms with E-state index in [9.17, 15) is 4.79 Å². The van der Waals surface area contributed by atoms with E-state index >= 15 is 0 Å². The Morgan fingerprint density at radius 2 is 2.33 bits per heavy atom. The second-order valence-electron chi connectivity index (χ2n) is 3.86. The summed E-state index contributed by atoms with van der Waals surface area (Å²) in [5.74, 6) is -0.204. The highest BCUT2D eigenvalue weighted by Gasteiger charge is 2.10. The lowest BCUT2D eigenvalue weighted by atomic mass is 10.2. The number of aromatic nitrogens is 1. The molecule has 0 saturated heterocycles. The van der Waals surface area contributed by atoms with Gasteiger partial charge in [-0.3, -0.25) is 9.78 Å². The average Bonchev–Trinajstić information content (AvgIpc) is 2.38. The lowest BCUT2D eigenvalue weighted by Gasteiger charge is -2.21. The Morgan fingerprint density at radius 1 is 1.61 bits per heavy atom. The molecule has 1 aromatic rings. The van der Waals surface area contributed by atoms with Gasteiger partial charge >= 0.3 is 5.97 Å². The van der Waals surface area contributed by atoms with Crippen molar-refractivity contribution in [3.8, 4) is 0 Å². The minimum Gasteiger partial charge on any atom is -0.469 e. The lowest BCUT2D eigenvalue weighted by Crippen LogP contribution is -2.23. The minimum absolute atomic E-state index is 0.204. The Balaban J connectivity index is 2.64. The van der Waals surface area contributed by atoms with Gasteiger partial charge in [-0.15, -0.1) is 0 Å². The van der Waals surface area contributed by atoms with Gasteiger partial charge in [-0.2, -0.15) is 0 Å². The molecule has 0 aliphatic heterocycles. The van der Waals surface area contributed by atoms with Crippen molar-refractivity contribution in [2.45, 2.75) is 12.8 Å². The van der Waals surface area contributed by atoms with Gasteiger partial charge in [-0.1, -0.05) is 12.2 Å². The fourth-order valence-corrected chi connectivity index (χ4v) is 1.75. The smallest absolute Gasteiger partial charge is 0.305 e. The molecule has 0 spiro atoms. The Hall–Kier alpha value is -1.69. The second kappa shape index (κ2) is 6.90. The molecule has 5 nitrogen and oxygen atoms in total. The normalized spacial score (nSPS) is 9.89. The number of nitrogens with zero attached hydrogens (tertiary/aromatic N) is 2. The van der Waals surface area contributed by atoms with Gasteiger partial charge in [-0.25, -0.2) is 0 Å². The van der Waals surface area contributed by atoms with Crippen molar-refractivity contribution in [3.05, 3.63) is 24.0 Å². The van der Waals surface area contributed by atoms with E-state index in [4.69, 9.17) is 18.0 Å². The summed E-state index contributed by atoms with van der Waals surface area (Å²) >= 11 is 4.99. The van der Waals surface area contributed by atoms with Gasteiger partial charge in [0, 0.05) is 31.8 Å². The van der Waals surface area contributed by atoms with Crippen molar-refractivity contribution in [2.24, 2.45) is 5.73 Å². The molecule has 0 unspecified atom stereocenters. The number of thiocarbonyl (C=S) groups is 1. The minimum atomic E-state index is -0.204. The summed E-state index contributed by atoms with van der Waals surface area (Å²) in [6, 6.07) is 1.79. The number of carbonyl (C=O) groups is 1. The molecule has 0 bridgehead atoms. The van der Waals surface area contributed by atoms with Gasteiger partial charge < -0.3 is 15.4 Å². The fraction of sp³-hybridized carbons (Fsp3) is 0.417. The molecule has 1 aromatic heterocycles. The summed E-state index contributed by atoms with van der Waals surface area (Å²) in [7, 11) is 3.30. The molecule has 0 aromatic carbocycles. The largest absolute Gasteiger partial charge is 0.469 e. The van der Waals surface area contributed by atoms with Gasteiger partial charge in [0.2, 0.25) is 0 Å². The number of rotatable bonds is 6. The second-order valence-corrected chi connectivity index (χ2v) is 4.30. The summed E-state index contributed by atoms with van der Waals surface area (Å²) in [6.07, 6.45) is 4.46. The molecule has 0 radical (unpaired) electrons. The maximum absolute atomic E-state index is 11.0. The number of hydrogen-bond donors (Lipinski definition) is 1. The van der Waals surface area contributed by atoms with E-state index in [-0.39, 0.29) is 5.97 Å². The average molecular weight is 267 g/mol. The monoisotopic (exact) mass is 267 g/mol. The third kappa shape index (κ3) is 3.96. The van der Waals surface area contributed by atoms with Gasteiger partial charge in [-0.05, 0) is 12.5 Å². The van der Waals surface area contributed by atoms with Gasteiger partial charge in [0.25, 0.3) is 0 Å². The fourth-order valence-electron chi connectivity index (χ4n) is 1.58. The van der Waals surface area contributed by atoms with Crippen molar-refractivity contribution in [2.75, 3.05) is 25.6 Å². The first-order valence-corrected chi connectivity index (χ1v) is 5.99. The van der Waals surface area contributed by atoms with E-state index in [1.165, 1.54) is 7.11 Å². The van der Waals surface area contributed by atoms with Crippen LogP contribution in [0.1, 0.15) is 18.4 Å². The van der Waals surface area contributed by atoms with Crippen molar-refractivity contribution in [1.82, 2.24) is 4.98 Å². The molecule has 98 valence electrons. The van der Waals surface area contributed by atoms with Crippen LogP contribution in [0.3, 0.4) is 0 Å². The Bertz CT molecular complexity index is 437. The topological polar surface area (TPSA) is 68.5 Å². The number of nitrogens with two attached hydrogens (primary N) is 1. The van der Waals surface area contributed by atoms with E-state index in [2.05, 4.69) is 9.72 Å². The molecule has 0 saturated carbocycles. The van der Waals surface area contributed by atoms with Crippen molar-refractivity contribution < 1.29 is 9.53 Å². The zero-order valence-electron chi connectivity index (χ0n) is 10.5. The van der Waals surface area contributed by atoms with Crippen LogP contribution in [0.4, 0.5) is 5.69 Å². The summed E-state index contributed by atoms with van der Waals surface area (Å²) < 4.78 is 4.59. The molecule has 18 heavy (non-hydrogen) atoms. The number of methoxy groups -OCH3 is 1. The molecule has 0 aliphatic carbocycles. The molecule has 1 rings (SSSR count).